The van der Waals surface area contributed by atoms with Crippen molar-refractivity contribution < 1.29 is 24.1 Å². The summed E-state index contributed by atoms with van der Waals surface area (Å²) in [6.45, 7) is 4.43. The first-order valence-corrected chi connectivity index (χ1v) is 11.8. The average molecular weight is 474 g/mol. The van der Waals surface area contributed by atoms with Crippen molar-refractivity contribution in [1.82, 2.24) is 4.90 Å². The van der Waals surface area contributed by atoms with Crippen LogP contribution in [0, 0.1) is 6.92 Å². The fraction of sp³-hybridized carbons (Fsp3) is 0.276. The van der Waals surface area contributed by atoms with E-state index in [-0.39, 0.29) is 12.5 Å². The zero-order valence-electron chi connectivity index (χ0n) is 20.0. The van der Waals surface area contributed by atoms with Crippen molar-refractivity contribution in [2.45, 2.75) is 45.3 Å². The van der Waals surface area contributed by atoms with E-state index in [4.69, 9.17) is 14.2 Å². The molecule has 1 aliphatic heterocycles. The van der Waals surface area contributed by atoms with E-state index in [9.17, 15) is 9.90 Å². The lowest BCUT2D eigenvalue weighted by Gasteiger charge is -2.29. The maximum Gasteiger partial charge on any atom is 0.261 e. The van der Waals surface area contributed by atoms with Crippen LogP contribution in [-0.4, -0.2) is 34.9 Å². The number of benzene rings is 3. The first-order valence-electron chi connectivity index (χ1n) is 11.8. The molecule has 1 amide bonds. The van der Waals surface area contributed by atoms with Gasteiger partial charge in [-0.3, -0.25) is 9.69 Å². The van der Waals surface area contributed by atoms with Crippen LogP contribution in [0.4, 0.5) is 0 Å². The summed E-state index contributed by atoms with van der Waals surface area (Å²) in [5.41, 5.74) is 3.55. The number of carbonyl (C=O) groups excluding carboxylic acids is 1. The Morgan fingerprint density at radius 3 is 2.37 bits per heavy atom. The second-order valence-corrected chi connectivity index (χ2v) is 8.42. The molecular weight excluding hydrogens is 442 g/mol. The van der Waals surface area contributed by atoms with Gasteiger partial charge >= 0.3 is 0 Å². The monoisotopic (exact) mass is 473 g/mol. The Morgan fingerprint density at radius 2 is 1.71 bits per heavy atom. The maximum absolute atomic E-state index is 13.5. The molecule has 1 unspecified atom stereocenters. The zero-order chi connectivity index (χ0) is 24.6. The minimum atomic E-state index is -1.14. The van der Waals surface area contributed by atoms with Crippen LogP contribution < -0.4 is 4.74 Å². The molecule has 1 N–H and O–H groups in total. The van der Waals surface area contributed by atoms with Crippen LogP contribution >= 0.6 is 0 Å². The van der Waals surface area contributed by atoms with E-state index >= 15 is 0 Å². The Kier molecular flexibility index (Phi) is 8.19. The van der Waals surface area contributed by atoms with E-state index in [2.05, 4.69) is 0 Å². The third kappa shape index (κ3) is 6.10. The largest absolute Gasteiger partial charge is 0.489 e. The van der Waals surface area contributed by atoms with Crippen molar-refractivity contribution >= 4 is 5.91 Å². The van der Waals surface area contributed by atoms with Gasteiger partial charge in [-0.25, -0.2) is 0 Å². The van der Waals surface area contributed by atoms with Crippen LogP contribution in [0.5, 0.6) is 5.75 Å². The van der Waals surface area contributed by atoms with Crippen molar-refractivity contribution in [2.75, 3.05) is 6.61 Å². The smallest absolute Gasteiger partial charge is 0.261 e. The molecule has 35 heavy (non-hydrogen) atoms. The van der Waals surface area contributed by atoms with Crippen molar-refractivity contribution in [3.63, 3.8) is 0 Å². The molecule has 3 aromatic rings. The van der Waals surface area contributed by atoms with E-state index < -0.39 is 18.4 Å². The highest BCUT2D eigenvalue weighted by atomic mass is 16.5. The number of hydrogen-bond acceptors (Lipinski definition) is 5. The summed E-state index contributed by atoms with van der Waals surface area (Å²) < 4.78 is 17.3. The zero-order valence-corrected chi connectivity index (χ0v) is 20.0. The molecule has 0 saturated heterocycles. The minimum Gasteiger partial charge on any atom is -0.489 e. The highest BCUT2D eigenvalue weighted by molar-refractivity contribution is 5.83. The van der Waals surface area contributed by atoms with Crippen LogP contribution in [0.15, 0.2) is 91.3 Å². The molecule has 0 saturated carbocycles. The van der Waals surface area contributed by atoms with Crippen LogP contribution in [0.1, 0.15) is 35.3 Å². The minimum absolute atomic E-state index is 0.284. The molecule has 0 fully saturated rings. The molecular formula is C29H31NO5. The Balaban J connectivity index is 1.46. The molecule has 0 radical (unpaired) electrons. The van der Waals surface area contributed by atoms with Gasteiger partial charge in [-0.2, -0.15) is 0 Å². The molecule has 6 heteroatoms. The lowest BCUT2D eigenvalue weighted by molar-refractivity contribution is -0.154. The average Bonchev–Trinajstić information content (AvgIpc) is 3.34. The van der Waals surface area contributed by atoms with Gasteiger partial charge in [0.2, 0.25) is 0 Å². The SMILES string of the molecule is CCO[C@H](C(=O)N1C=COC1Cc1ccccc1)[C@H](O)c1ccc(OCc2ccccc2)cc1C. The normalized spacial score (nSPS) is 16.5. The van der Waals surface area contributed by atoms with Gasteiger partial charge in [0.05, 0.1) is 0 Å². The third-order valence-corrected chi connectivity index (χ3v) is 5.96. The van der Waals surface area contributed by atoms with Crippen LogP contribution in [0.2, 0.25) is 0 Å². The number of ether oxygens (including phenoxy) is 3. The topological polar surface area (TPSA) is 68.2 Å². The van der Waals surface area contributed by atoms with Gasteiger partial charge in [-0.05, 0) is 48.2 Å². The van der Waals surface area contributed by atoms with E-state index in [0.717, 1.165) is 16.7 Å². The number of rotatable bonds is 10. The fourth-order valence-electron chi connectivity index (χ4n) is 4.13. The van der Waals surface area contributed by atoms with Crippen LogP contribution in [0.25, 0.3) is 0 Å². The molecule has 182 valence electrons. The highest BCUT2D eigenvalue weighted by Crippen LogP contribution is 2.29. The van der Waals surface area contributed by atoms with Crippen molar-refractivity contribution in [3.8, 4) is 5.75 Å². The molecule has 1 heterocycles. The van der Waals surface area contributed by atoms with Crippen LogP contribution in [-0.2, 0) is 27.3 Å². The molecule has 0 bridgehead atoms. The number of hydrogen-bond donors (Lipinski definition) is 1. The van der Waals surface area contributed by atoms with Gasteiger partial charge in [0.25, 0.3) is 5.91 Å². The number of aliphatic hydroxyl groups is 1. The van der Waals surface area contributed by atoms with Gasteiger partial charge < -0.3 is 19.3 Å². The molecule has 4 rings (SSSR count). The predicted octanol–water partition coefficient (Wildman–Crippen LogP) is 4.91. The number of carbonyl (C=O) groups is 1. The Morgan fingerprint density at radius 1 is 1.03 bits per heavy atom. The van der Waals surface area contributed by atoms with Gasteiger partial charge in [-0.1, -0.05) is 66.7 Å². The van der Waals surface area contributed by atoms with Gasteiger partial charge in [0, 0.05) is 19.2 Å². The number of nitrogens with zero attached hydrogens (tertiary/aromatic N) is 1. The van der Waals surface area contributed by atoms with E-state index in [0.29, 0.717) is 24.3 Å². The van der Waals surface area contributed by atoms with E-state index in [1.54, 1.807) is 25.3 Å². The van der Waals surface area contributed by atoms with E-state index in [1.807, 2.05) is 73.7 Å². The van der Waals surface area contributed by atoms with Gasteiger partial charge in [0.1, 0.15) is 24.7 Å². The Labute approximate surface area is 206 Å². The lowest BCUT2D eigenvalue weighted by Crippen LogP contribution is -2.45. The Hall–Kier alpha value is -3.61. The maximum atomic E-state index is 13.5. The summed E-state index contributed by atoms with van der Waals surface area (Å²) >= 11 is 0. The summed E-state index contributed by atoms with van der Waals surface area (Å²) in [5, 5.41) is 11.2. The second kappa shape index (κ2) is 11.7. The first-order chi connectivity index (χ1) is 17.1. The summed E-state index contributed by atoms with van der Waals surface area (Å²) in [5.74, 6) is 0.346. The Bertz CT molecular complexity index is 1130. The first kappa shape index (κ1) is 24.5. The molecule has 0 spiro atoms. The lowest BCUT2D eigenvalue weighted by atomic mass is 9.98. The second-order valence-electron chi connectivity index (χ2n) is 8.42. The number of amides is 1. The van der Waals surface area contributed by atoms with Gasteiger partial charge in [-0.15, -0.1) is 0 Å². The standard InChI is InChI=1S/C29H31NO5/c1-3-33-28(29(32)30-16-17-34-26(30)19-22-10-6-4-7-11-22)27(31)25-15-14-24(18-21(25)2)35-20-23-12-8-5-9-13-23/h4-18,26-28,31H,3,19-20H2,1-2H3/t26?,27-,28+/m1/s1. The highest BCUT2D eigenvalue weighted by Gasteiger charge is 2.37. The van der Waals surface area contributed by atoms with E-state index in [1.165, 1.54) is 11.2 Å². The van der Waals surface area contributed by atoms with Crippen LogP contribution in [0.3, 0.4) is 0 Å². The fourth-order valence-corrected chi connectivity index (χ4v) is 4.13. The molecule has 0 aliphatic carbocycles. The predicted molar refractivity (Wildman–Crippen MR) is 133 cm³/mol. The van der Waals surface area contributed by atoms with Crippen molar-refractivity contribution in [2.24, 2.45) is 0 Å². The van der Waals surface area contributed by atoms with Gasteiger partial charge in [0.15, 0.2) is 12.3 Å². The number of aryl methyl sites for hydroxylation is 1. The summed E-state index contributed by atoms with van der Waals surface area (Å²) in [7, 11) is 0. The summed E-state index contributed by atoms with van der Waals surface area (Å²) in [6, 6.07) is 25.2. The quantitative estimate of drug-likeness (QED) is 0.453. The molecule has 1 aliphatic rings. The summed E-state index contributed by atoms with van der Waals surface area (Å²) in [4.78, 5) is 15.0. The molecule has 6 nitrogen and oxygen atoms in total. The molecule has 0 aromatic heterocycles. The number of aliphatic hydroxyl groups excluding tert-OH is 1. The summed E-state index contributed by atoms with van der Waals surface area (Å²) in [6.07, 6.45) is 0.931. The van der Waals surface area contributed by atoms with Crippen molar-refractivity contribution in [1.29, 1.82) is 0 Å². The molecule has 3 atom stereocenters. The van der Waals surface area contributed by atoms with Crippen molar-refractivity contribution in [3.05, 3.63) is 114 Å². The third-order valence-electron chi connectivity index (χ3n) is 5.96. The molecule has 3 aromatic carbocycles.